The zero-order chi connectivity index (χ0) is 22.6. The lowest BCUT2D eigenvalue weighted by Crippen LogP contribution is -2.50. The largest absolute Gasteiger partial charge is 0.443 e. The summed E-state index contributed by atoms with van der Waals surface area (Å²) in [4.78, 5) is 13.5. The van der Waals surface area contributed by atoms with E-state index in [1.54, 1.807) is 12.1 Å². The Balaban J connectivity index is 2.17. The molecule has 1 amide bonds. The highest BCUT2D eigenvalue weighted by Crippen LogP contribution is 2.41. The van der Waals surface area contributed by atoms with Crippen LogP contribution in [-0.2, 0) is 20.0 Å². The minimum Gasteiger partial charge on any atom is -0.443 e. The van der Waals surface area contributed by atoms with Crippen LogP contribution in [0.4, 0.5) is 8.78 Å². The second-order valence-corrected chi connectivity index (χ2v) is 7.72. The van der Waals surface area contributed by atoms with E-state index in [0.717, 1.165) is 18.2 Å². The molecule has 0 radical (unpaired) electrons. The Labute approximate surface area is 180 Å². The predicted octanol–water partition coefficient (Wildman–Crippen LogP) is 3.75. The molecule has 0 fully saturated rings. The highest BCUT2D eigenvalue weighted by molar-refractivity contribution is 5.97. The van der Waals surface area contributed by atoms with Crippen LogP contribution in [0, 0.1) is 17.6 Å². The molecule has 1 aliphatic rings. The Bertz CT molecular complexity index is 952. The third-order valence-electron chi connectivity index (χ3n) is 5.21. The highest BCUT2D eigenvalue weighted by atomic mass is 19.1. The average molecular weight is 431 g/mol. The number of hydrazone groups is 1. The third kappa shape index (κ3) is 4.45. The molecule has 6 nitrogen and oxygen atoms in total. The number of benzene rings is 2. The van der Waals surface area contributed by atoms with E-state index in [0.29, 0.717) is 24.9 Å². The maximum atomic E-state index is 14.5. The molecule has 166 valence electrons. The number of halogens is 2. The summed E-state index contributed by atoms with van der Waals surface area (Å²) in [7, 11) is 1.44. The first kappa shape index (κ1) is 22.8. The second-order valence-electron chi connectivity index (χ2n) is 7.72. The Kier molecular flexibility index (Phi) is 7.02. The molecule has 0 saturated carbocycles. The van der Waals surface area contributed by atoms with Gasteiger partial charge in [-0.05, 0) is 37.1 Å². The van der Waals surface area contributed by atoms with Crippen molar-refractivity contribution in [2.45, 2.75) is 38.5 Å². The van der Waals surface area contributed by atoms with Gasteiger partial charge in [0.2, 0.25) is 11.6 Å². The van der Waals surface area contributed by atoms with Gasteiger partial charge in [-0.2, -0.15) is 5.01 Å². The molecule has 0 aromatic heterocycles. The van der Waals surface area contributed by atoms with Gasteiger partial charge in [-0.3, -0.25) is 4.79 Å². The van der Waals surface area contributed by atoms with Crippen LogP contribution in [0.15, 0.2) is 53.6 Å². The number of nitrogens with two attached hydrogens (primary N) is 1. The van der Waals surface area contributed by atoms with Gasteiger partial charge < -0.3 is 15.2 Å². The maximum Gasteiger partial charge on any atom is 0.275 e. The van der Waals surface area contributed by atoms with E-state index in [1.807, 2.05) is 32.0 Å². The van der Waals surface area contributed by atoms with Crippen LogP contribution in [0.5, 0.6) is 0 Å². The summed E-state index contributed by atoms with van der Waals surface area (Å²) in [6.45, 7) is 4.05. The molecular weight excluding hydrogens is 404 g/mol. The average Bonchev–Trinajstić information content (AvgIpc) is 3.15. The van der Waals surface area contributed by atoms with Gasteiger partial charge in [-0.1, -0.05) is 44.2 Å². The molecule has 0 spiro atoms. The first-order valence-electron chi connectivity index (χ1n) is 10.2. The fourth-order valence-corrected chi connectivity index (χ4v) is 3.69. The molecule has 1 aliphatic heterocycles. The van der Waals surface area contributed by atoms with Gasteiger partial charge in [-0.25, -0.2) is 8.78 Å². The molecule has 1 heterocycles. The topological polar surface area (TPSA) is 77.1 Å². The van der Waals surface area contributed by atoms with Crippen LogP contribution < -0.4 is 5.73 Å². The van der Waals surface area contributed by atoms with E-state index in [9.17, 15) is 13.6 Å². The summed E-state index contributed by atoms with van der Waals surface area (Å²) in [5.41, 5.74) is 4.87. The number of hydrogen-bond acceptors (Lipinski definition) is 5. The SMILES string of the molecule is CO[C@H](C(=O)N1N=C(c2cc(F)ccc2F)O[C@@]1(CCCN)c1ccccc1)C(C)C. The number of nitrogens with zero attached hydrogens (tertiary/aromatic N) is 2. The molecule has 3 rings (SSSR count). The quantitative estimate of drug-likeness (QED) is 0.691. The Hall–Kier alpha value is -2.84. The summed E-state index contributed by atoms with van der Waals surface area (Å²) >= 11 is 0. The normalized spacial score (nSPS) is 19.3. The number of ether oxygens (including phenoxy) is 2. The van der Waals surface area contributed by atoms with E-state index in [1.165, 1.54) is 12.1 Å². The lowest BCUT2D eigenvalue weighted by molar-refractivity contribution is -0.165. The minimum atomic E-state index is -1.36. The number of methoxy groups -OCH3 is 1. The van der Waals surface area contributed by atoms with Crippen LogP contribution in [0.25, 0.3) is 0 Å². The van der Waals surface area contributed by atoms with Gasteiger partial charge in [0.15, 0.2) is 0 Å². The lowest BCUT2D eigenvalue weighted by Gasteiger charge is -2.37. The number of hydrogen-bond donors (Lipinski definition) is 1. The van der Waals surface area contributed by atoms with Crippen molar-refractivity contribution in [2.75, 3.05) is 13.7 Å². The zero-order valence-corrected chi connectivity index (χ0v) is 17.8. The third-order valence-corrected chi connectivity index (χ3v) is 5.21. The van der Waals surface area contributed by atoms with Crippen LogP contribution >= 0.6 is 0 Å². The molecular formula is C23H27F2N3O3. The monoisotopic (exact) mass is 431 g/mol. The smallest absolute Gasteiger partial charge is 0.275 e. The maximum absolute atomic E-state index is 14.5. The van der Waals surface area contributed by atoms with Crippen LogP contribution in [0.1, 0.15) is 37.8 Å². The lowest BCUT2D eigenvalue weighted by atomic mass is 9.95. The molecule has 0 aliphatic carbocycles. The zero-order valence-electron chi connectivity index (χ0n) is 17.8. The van der Waals surface area contributed by atoms with Crippen LogP contribution in [0.2, 0.25) is 0 Å². The first-order valence-corrected chi connectivity index (χ1v) is 10.2. The van der Waals surface area contributed by atoms with Gasteiger partial charge in [0, 0.05) is 19.1 Å². The van der Waals surface area contributed by atoms with E-state index in [2.05, 4.69) is 5.10 Å². The summed E-state index contributed by atoms with van der Waals surface area (Å²) in [5, 5.41) is 5.55. The summed E-state index contributed by atoms with van der Waals surface area (Å²) in [6, 6.07) is 12.1. The van der Waals surface area contributed by atoms with Crippen LogP contribution in [-0.4, -0.2) is 36.6 Å². The van der Waals surface area contributed by atoms with Crippen molar-refractivity contribution in [3.8, 4) is 0 Å². The standard InChI is InChI=1S/C23H27F2N3O3/c1-15(2)20(30-3)22(29)28-23(12-7-13-26,16-8-5-4-6-9-16)31-21(27-28)18-14-17(24)10-11-19(18)25/h4-6,8-11,14-15,20H,7,12-13,26H2,1-3H3/t20-,23-/m0/s1. The van der Waals surface area contributed by atoms with Crippen molar-refractivity contribution in [3.63, 3.8) is 0 Å². The van der Waals surface area contributed by atoms with Gasteiger partial charge in [0.1, 0.15) is 17.7 Å². The first-order chi connectivity index (χ1) is 14.8. The van der Waals surface area contributed by atoms with Crippen molar-refractivity contribution in [1.29, 1.82) is 0 Å². The number of carbonyl (C=O) groups is 1. The van der Waals surface area contributed by atoms with E-state index >= 15 is 0 Å². The van der Waals surface area contributed by atoms with Crippen molar-refractivity contribution in [3.05, 3.63) is 71.3 Å². The van der Waals surface area contributed by atoms with Crippen molar-refractivity contribution in [1.82, 2.24) is 5.01 Å². The number of carbonyl (C=O) groups excluding carboxylic acids is 1. The number of rotatable bonds is 8. The van der Waals surface area contributed by atoms with Crippen LogP contribution in [0.3, 0.4) is 0 Å². The molecule has 2 aromatic carbocycles. The van der Waals surface area contributed by atoms with Gasteiger partial charge in [0.05, 0.1) is 5.56 Å². The molecule has 2 atom stereocenters. The van der Waals surface area contributed by atoms with E-state index in [4.69, 9.17) is 15.2 Å². The van der Waals surface area contributed by atoms with Crippen molar-refractivity contribution in [2.24, 2.45) is 16.8 Å². The highest BCUT2D eigenvalue weighted by Gasteiger charge is 2.51. The molecule has 2 aromatic rings. The molecule has 8 heteroatoms. The fourth-order valence-electron chi connectivity index (χ4n) is 3.69. The Morgan fingerprint density at radius 2 is 1.94 bits per heavy atom. The minimum absolute atomic E-state index is 0.148. The molecule has 2 N–H and O–H groups in total. The van der Waals surface area contributed by atoms with Gasteiger partial charge in [0.25, 0.3) is 5.91 Å². The van der Waals surface area contributed by atoms with E-state index < -0.39 is 29.4 Å². The number of amides is 1. The second kappa shape index (κ2) is 9.53. The summed E-state index contributed by atoms with van der Waals surface area (Å²) in [6.07, 6.45) is 0.00877. The van der Waals surface area contributed by atoms with Crippen molar-refractivity contribution < 1.29 is 23.0 Å². The van der Waals surface area contributed by atoms with Crippen molar-refractivity contribution >= 4 is 11.8 Å². The molecule has 0 saturated heterocycles. The van der Waals surface area contributed by atoms with E-state index in [-0.39, 0.29) is 17.4 Å². The summed E-state index contributed by atoms with van der Waals surface area (Å²) in [5.74, 6) is -2.11. The fraction of sp³-hybridized carbons (Fsp3) is 0.391. The Morgan fingerprint density at radius 1 is 1.23 bits per heavy atom. The summed E-state index contributed by atoms with van der Waals surface area (Å²) < 4.78 is 40.0. The molecule has 0 bridgehead atoms. The molecule has 31 heavy (non-hydrogen) atoms. The van der Waals surface area contributed by atoms with Gasteiger partial charge in [-0.15, -0.1) is 5.10 Å². The molecule has 0 unspecified atom stereocenters. The van der Waals surface area contributed by atoms with Gasteiger partial charge >= 0.3 is 0 Å². The Morgan fingerprint density at radius 3 is 2.55 bits per heavy atom. The predicted molar refractivity (Wildman–Crippen MR) is 113 cm³/mol.